The van der Waals surface area contributed by atoms with Crippen molar-refractivity contribution in [1.29, 1.82) is 0 Å². The van der Waals surface area contributed by atoms with Crippen molar-refractivity contribution in [1.82, 2.24) is 0 Å². The largest absolute Gasteiger partial charge is 0.477 e. The third-order valence-electron chi connectivity index (χ3n) is 1.70. The lowest BCUT2D eigenvalue weighted by Gasteiger charge is -1.99. The maximum Gasteiger partial charge on any atom is 0.425 e. The maximum atomic E-state index is 12.3. The van der Waals surface area contributed by atoms with Crippen molar-refractivity contribution in [2.24, 2.45) is 0 Å². The van der Waals surface area contributed by atoms with E-state index in [0.29, 0.717) is 20.7 Å². The van der Waals surface area contributed by atoms with E-state index >= 15 is 0 Å². The molecule has 0 saturated carbocycles. The number of carboxylic acid groups (broad SMARTS) is 1. The molecule has 15 heavy (non-hydrogen) atoms. The quantitative estimate of drug-likeness (QED) is 0.840. The van der Waals surface area contributed by atoms with Gasteiger partial charge in [-0.05, 0) is 12.1 Å². The van der Waals surface area contributed by atoms with Gasteiger partial charge in [0.2, 0.25) is 0 Å². The number of halogens is 3. The molecule has 2 heterocycles. The molecular weight excluding hydrogens is 249 g/mol. The predicted octanol–water partition coefficient (Wildman–Crippen LogP) is 3.68. The minimum Gasteiger partial charge on any atom is -0.477 e. The number of hydrogen-bond donors (Lipinski definition) is 1. The minimum absolute atomic E-state index is 0.0602. The molecule has 0 unspecified atom stereocenters. The molecule has 2 rings (SSSR count). The molecule has 0 amide bonds. The lowest BCUT2D eigenvalue weighted by atomic mass is 10.4. The molecule has 0 fully saturated rings. The maximum absolute atomic E-state index is 12.3. The van der Waals surface area contributed by atoms with E-state index in [0.717, 1.165) is 17.4 Å². The Labute approximate surface area is 89.6 Å². The lowest BCUT2D eigenvalue weighted by Crippen LogP contribution is -2.00. The van der Waals surface area contributed by atoms with Crippen molar-refractivity contribution in [3.8, 4) is 0 Å². The van der Waals surface area contributed by atoms with Gasteiger partial charge in [0, 0.05) is 9.40 Å². The van der Waals surface area contributed by atoms with Gasteiger partial charge in [0.1, 0.15) is 9.75 Å². The van der Waals surface area contributed by atoms with Gasteiger partial charge in [-0.1, -0.05) is 0 Å². The summed E-state index contributed by atoms with van der Waals surface area (Å²) in [6, 6.07) is 2.25. The van der Waals surface area contributed by atoms with Crippen LogP contribution in [0.1, 0.15) is 14.5 Å². The van der Waals surface area contributed by atoms with Gasteiger partial charge in [0.15, 0.2) is 0 Å². The molecule has 0 aliphatic rings. The van der Waals surface area contributed by atoms with Crippen LogP contribution in [0.15, 0.2) is 12.1 Å². The normalized spacial score (nSPS) is 12.2. The highest BCUT2D eigenvalue weighted by atomic mass is 32.1. The van der Waals surface area contributed by atoms with E-state index in [1.54, 1.807) is 0 Å². The lowest BCUT2D eigenvalue weighted by molar-refractivity contribution is -0.134. The highest BCUT2D eigenvalue weighted by Crippen LogP contribution is 2.41. The van der Waals surface area contributed by atoms with Crippen molar-refractivity contribution in [3.63, 3.8) is 0 Å². The van der Waals surface area contributed by atoms with E-state index in [1.807, 2.05) is 0 Å². The zero-order valence-corrected chi connectivity index (χ0v) is 8.59. The number of carbonyl (C=O) groups is 1. The van der Waals surface area contributed by atoms with Crippen LogP contribution in [0.3, 0.4) is 0 Å². The summed E-state index contributed by atoms with van der Waals surface area (Å²) in [4.78, 5) is 9.91. The molecule has 0 saturated heterocycles. The first-order chi connectivity index (χ1) is 6.88. The summed E-state index contributed by atoms with van der Waals surface area (Å²) in [5, 5.41) is 8.63. The third kappa shape index (κ3) is 1.84. The molecule has 2 aromatic rings. The Morgan fingerprint density at radius 3 is 2.27 bits per heavy atom. The monoisotopic (exact) mass is 252 g/mol. The summed E-state index contributed by atoms with van der Waals surface area (Å²) in [6.45, 7) is 0. The number of fused-ring (bicyclic) bond motifs is 1. The van der Waals surface area contributed by atoms with Crippen molar-refractivity contribution in [3.05, 3.63) is 21.9 Å². The SMILES string of the molecule is O=C(O)c1cc2sc(C(F)(F)F)cc2s1. The smallest absolute Gasteiger partial charge is 0.425 e. The fourth-order valence-electron chi connectivity index (χ4n) is 1.08. The van der Waals surface area contributed by atoms with Gasteiger partial charge in [-0.15, -0.1) is 22.7 Å². The van der Waals surface area contributed by atoms with Crippen molar-refractivity contribution in [2.75, 3.05) is 0 Å². The van der Waals surface area contributed by atoms with Crippen LogP contribution in [-0.2, 0) is 6.18 Å². The summed E-state index contributed by atoms with van der Waals surface area (Å²) in [6.07, 6.45) is -4.35. The van der Waals surface area contributed by atoms with Crippen molar-refractivity contribution < 1.29 is 23.1 Å². The standard InChI is InChI=1S/C8H3F3O2S2/c9-8(10,11)6-2-4-3(15-6)1-5(14-4)7(12)13/h1-2H,(H,12,13). The molecule has 0 aliphatic heterocycles. The topological polar surface area (TPSA) is 37.3 Å². The van der Waals surface area contributed by atoms with E-state index in [9.17, 15) is 18.0 Å². The second kappa shape index (κ2) is 3.21. The van der Waals surface area contributed by atoms with Crippen LogP contribution in [0.25, 0.3) is 9.40 Å². The van der Waals surface area contributed by atoms with E-state index in [2.05, 4.69) is 0 Å². The molecule has 2 aromatic heterocycles. The number of carboxylic acids is 1. The molecule has 0 radical (unpaired) electrons. The summed E-state index contributed by atoms with van der Waals surface area (Å²) >= 11 is 1.42. The Hall–Kier alpha value is -1.08. The predicted molar refractivity (Wildman–Crippen MR) is 51.7 cm³/mol. The van der Waals surface area contributed by atoms with Gasteiger partial charge in [0.25, 0.3) is 0 Å². The van der Waals surface area contributed by atoms with Crippen LogP contribution in [0.4, 0.5) is 13.2 Å². The summed E-state index contributed by atoms with van der Waals surface area (Å²) < 4.78 is 37.5. The van der Waals surface area contributed by atoms with Crippen molar-refractivity contribution >= 4 is 38.0 Å². The molecular formula is C8H3F3O2S2. The molecule has 0 aromatic carbocycles. The third-order valence-corrected chi connectivity index (χ3v) is 4.02. The van der Waals surface area contributed by atoms with E-state index in [-0.39, 0.29) is 4.88 Å². The number of hydrogen-bond acceptors (Lipinski definition) is 3. The molecule has 0 atom stereocenters. The molecule has 0 spiro atoms. The molecule has 0 aliphatic carbocycles. The summed E-state index contributed by atoms with van der Waals surface area (Å²) in [5.74, 6) is -1.11. The fraction of sp³-hybridized carbons (Fsp3) is 0.125. The first-order valence-electron chi connectivity index (χ1n) is 3.72. The van der Waals surface area contributed by atoms with Crippen LogP contribution < -0.4 is 0 Å². The summed E-state index contributed by atoms with van der Waals surface area (Å²) in [5.41, 5.74) is 0. The van der Waals surface area contributed by atoms with Crippen LogP contribution in [-0.4, -0.2) is 11.1 Å². The van der Waals surface area contributed by atoms with E-state index in [4.69, 9.17) is 5.11 Å². The van der Waals surface area contributed by atoms with Gasteiger partial charge in [-0.2, -0.15) is 13.2 Å². The van der Waals surface area contributed by atoms with Gasteiger partial charge in [-0.3, -0.25) is 0 Å². The Balaban J connectivity index is 2.52. The van der Waals surface area contributed by atoms with E-state index in [1.165, 1.54) is 6.07 Å². The Morgan fingerprint density at radius 1 is 1.20 bits per heavy atom. The molecule has 1 N–H and O–H groups in total. The number of thiophene rings is 2. The fourth-order valence-corrected chi connectivity index (χ4v) is 3.18. The molecule has 7 heteroatoms. The zero-order valence-electron chi connectivity index (χ0n) is 6.96. The Kier molecular flexibility index (Phi) is 2.23. The molecule has 0 bridgehead atoms. The number of aromatic carboxylic acids is 1. The average molecular weight is 252 g/mol. The average Bonchev–Trinajstić information content (AvgIpc) is 2.55. The first-order valence-corrected chi connectivity index (χ1v) is 5.35. The van der Waals surface area contributed by atoms with Crippen LogP contribution in [0, 0.1) is 0 Å². The summed E-state index contributed by atoms with van der Waals surface area (Å²) in [7, 11) is 0. The minimum atomic E-state index is -4.35. The highest BCUT2D eigenvalue weighted by molar-refractivity contribution is 7.28. The second-order valence-electron chi connectivity index (χ2n) is 2.75. The highest BCUT2D eigenvalue weighted by Gasteiger charge is 2.33. The number of alkyl halides is 3. The number of rotatable bonds is 1. The second-order valence-corrected chi connectivity index (χ2v) is 4.92. The Bertz CT molecular complexity index is 492. The Morgan fingerprint density at radius 2 is 1.80 bits per heavy atom. The first kappa shape index (κ1) is 10.4. The molecule has 80 valence electrons. The van der Waals surface area contributed by atoms with Crippen LogP contribution >= 0.6 is 22.7 Å². The van der Waals surface area contributed by atoms with Gasteiger partial charge in [-0.25, -0.2) is 4.79 Å². The van der Waals surface area contributed by atoms with Gasteiger partial charge < -0.3 is 5.11 Å². The van der Waals surface area contributed by atoms with Gasteiger partial charge >= 0.3 is 12.1 Å². The molecule has 2 nitrogen and oxygen atoms in total. The van der Waals surface area contributed by atoms with Crippen LogP contribution in [0.2, 0.25) is 0 Å². The zero-order chi connectivity index (χ0) is 11.2. The van der Waals surface area contributed by atoms with Crippen molar-refractivity contribution in [2.45, 2.75) is 6.18 Å². The van der Waals surface area contributed by atoms with Gasteiger partial charge in [0.05, 0.1) is 0 Å². The van der Waals surface area contributed by atoms with Crippen LogP contribution in [0.5, 0.6) is 0 Å². The van der Waals surface area contributed by atoms with E-state index < -0.39 is 17.0 Å².